The molecule has 0 bridgehead atoms. The second kappa shape index (κ2) is 5.77. The summed E-state index contributed by atoms with van der Waals surface area (Å²) in [6.45, 7) is 3.72. The van der Waals surface area contributed by atoms with Gasteiger partial charge in [-0.15, -0.1) is 0 Å². The van der Waals surface area contributed by atoms with Gasteiger partial charge in [0.25, 0.3) is 5.91 Å². The van der Waals surface area contributed by atoms with Crippen LogP contribution in [0.25, 0.3) is 0 Å². The van der Waals surface area contributed by atoms with E-state index in [0.29, 0.717) is 0 Å². The monoisotopic (exact) mass is 243 g/mol. The van der Waals surface area contributed by atoms with Gasteiger partial charge in [-0.3, -0.25) is 4.79 Å². The van der Waals surface area contributed by atoms with Crippen molar-refractivity contribution in [2.75, 3.05) is 6.61 Å². The number of rotatable bonds is 4. The number of amides is 1. The summed E-state index contributed by atoms with van der Waals surface area (Å²) in [5.41, 5.74) is 0.184. The minimum Gasteiger partial charge on any atom is -0.394 e. The summed E-state index contributed by atoms with van der Waals surface area (Å²) < 4.78 is 0. The van der Waals surface area contributed by atoms with Gasteiger partial charge in [-0.2, -0.15) is 0 Å². The molecule has 0 saturated carbocycles. The predicted octanol–water partition coefficient (Wildman–Crippen LogP) is 0.877. The molecule has 1 rings (SSSR count). The van der Waals surface area contributed by atoms with Crippen molar-refractivity contribution in [3.63, 3.8) is 0 Å². The summed E-state index contributed by atoms with van der Waals surface area (Å²) >= 11 is 5.55. The topological polar surface area (TPSA) is 75.1 Å². The van der Waals surface area contributed by atoms with Crippen molar-refractivity contribution in [1.82, 2.24) is 15.3 Å². The molecule has 0 fully saturated rings. The quantitative estimate of drug-likeness (QED) is 0.823. The highest BCUT2D eigenvalue weighted by atomic mass is 35.5. The first-order valence-electron chi connectivity index (χ1n) is 4.94. The lowest BCUT2D eigenvalue weighted by molar-refractivity contribution is 0.0891. The zero-order valence-corrected chi connectivity index (χ0v) is 9.90. The molecule has 0 aliphatic heterocycles. The lowest BCUT2D eigenvalue weighted by atomic mass is 10.1. The maximum absolute atomic E-state index is 11.7. The first-order chi connectivity index (χ1) is 7.54. The average Bonchev–Trinajstić information content (AvgIpc) is 2.26. The van der Waals surface area contributed by atoms with Crippen LogP contribution in [0.1, 0.15) is 24.3 Å². The van der Waals surface area contributed by atoms with Crippen LogP contribution in [0, 0.1) is 5.92 Å². The molecule has 0 aliphatic rings. The van der Waals surface area contributed by atoms with Crippen LogP contribution in [0.5, 0.6) is 0 Å². The fraction of sp³-hybridized carbons (Fsp3) is 0.500. The SMILES string of the molecule is CC(C)C(CO)NC(=O)c1cnc(Cl)cn1. The van der Waals surface area contributed by atoms with Crippen LogP contribution in [-0.4, -0.2) is 33.6 Å². The number of carbonyl (C=O) groups is 1. The van der Waals surface area contributed by atoms with Gasteiger partial charge in [0, 0.05) is 0 Å². The molecule has 0 aromatic carbocycles. The number of aliphatic hydroxyl groups is 1. The van der Waals surface area contributed by atoms with Crippen LogP contribution < -0.4 is 5.32 Å². The molecule has 2 N–H and O–H groups in total. The fourth-order valence-corrected chi connectivity index (χ4v) is 1.19. The summed E-state index contributed by atoms with van der Waals surface area (Å²) in [6, 6.07) is -0.287. The highest BCUT2D eigenvalue weighted by Gasteiger charge is 2.16. The smallest absolute Gasteiger partial charge is 0.271 e. The van der Waals surface area contributed by atoms with E-state index in [9.17, 15) is 4.79 Å². The molecule has 6 heteroatoms. The number of halogens is 1. The molecule has 88 valence electrons. The van der Waals surface area contributed by atoms with Gasteiger partial charge in [-0.05, 0) is 5.92 Å². The molecule has 1 amide bonds. The molecule has 16 heavy (non-hydrogen) atoms. The van der Waals surface area contributed by atoms with E-state index < -0.39 is 0 Å². The van der Waals surface area contributed by atoms with Crippen LogP contribution in [0.4, 0.5) is 0 Å². The minimum atomic E-state index is -0.364. The van der Waals surface area contributed by atoms with Crippen molar-refractivity contribution in [3.05, 3.63) is 23.2 Å². The number of aliphatic hydroxyl groups excluding tert-OH is 1. The Balaban J connectivity index is 2.68. The van der Waals surface area contributed by atoms with E-state index in [0.717, 1.165) is 0 Å². The number of hydrogen-bond acceptors (Lipinski definition) is 4. The molecule has 0 aliphatic carbocycles. The Hall–Kier alpha value is -1.20. The Kier molecular flexibility index (Phi) is 4.64. The van der Waals surface area contributed by atoms with Crippen molar-refractivity contribution in [1.29, 1.82) is 0 Å². The maximum atomic E-state index is 11.7. The third-order valence-electron chi connectivity index (χ3n) is 2.17. The van der Waals surface area contributed by atoms with Gasteiger partial charge >= 0.3 is 0 Å². The van der Waals surface area contributed by atoms with Crippen molar-refractivity contribution < 1.29 is 9.90 Å². The average molecular weight is 244 g/mol. The van der Waals surface area contributed by atoms with Crippen LogP contribution in [0.3, 0.4) is 0 Å². The molecule has 1 unspecified atom stereocenters. The summed E-state index contributed by atoms with van der Waals surface area (Å²) in [6.07, 6.45) is 2.60. The lowest BCUT2D eigenvalue weighted by Crippen LogP contribution is -2.41. The number of nitrogens with one attached hydrogen (secondary N) is 1. The van der Waals surface area contributed by atoms with Crippen molar-refractivity contribution in [2.45, 2.75) is 19.9 Å². The number of carbonyl (C=O) groups excluding carboxylic acids is 1. The summed E-state index contributed by atoms with van der Waals surface area (Å²) in [7, 11) is 0. The van der Waals surface area contributed by atoms with Crippen molar-refractivity contribution >= 4 is 17.5 Å². The van der Waals surface area contributed by atoms with Gasteiger partial charge in [0.1, 0.15) is 10.8 Å². The highest BCUT2D eigenvalue weighted by molar-refractivity contribution is 6.29. The van der Waals surface area contributed by atoms with E-state index in [-0.39, 0.29) is 35.3 Å². The third kappa shape index (κ3) is 3.43. The van der Waals surface area contributed by atoms with Gasteiger partial charge in [0.2, 0.25) is 0 Å². The van der Waals surface area contributed by atoms with Crippen LogP contribution >= 0.6 is 11.6 Å². The van der Waals surface area contributed by atoms with Crippen molar-refractivity contribution in [2.24, 2.45) is 5.92 Å². The Labute approximate surface area is 98.9 Å². The zero-order chi connectivity index (χ0) is 12.1. The Morgan fingerprint density at radius 3 is 2.62 bits per heavy atom. The van der Waals surface area contributed by atoms with E-state index in [4.69, 9.17) is 16.7 Å². The van der Waals surface area contributed by atoms with Crippen LogP contribution in [-0.2, 0) is 0 Å². The first kappa shape index (κ1) is 12.9. The number of nitrogens with zero attached hydrogens (tertiary/aromatic N) is 2. The summed E-state index contributed by atoms with van der Waals surface area (Å²) in [4.78, 5) is 19.3. The third-order valence-corrected chi connectivity index (χ3v) is 2.37. The Bertz CT molecular complexity index is 354. The maximum Gasteiger partial charge on any atom is 0.271 e. The van der Waals surface area contributed by atoms with Crippen LogP contribution in [0.15, 0.2) is 12.4 Å². The molecule has 5 nitrogen and oxygen atoms in total. The molecule has 1 aromatic heterocycles. The van der Waals surface area contributed by atoms with Gasteiger partial charge in [-0.25, -0.2) is 9.97 Å². The second-order valence-electron chi connectivity index (χ2n) is 3.73. The predicted molar refractivity (Wildman–Crippen MR) is 60.2 cm³/mol. The van der Waals surface area contributed by atoms with Gasteiger partial charge < -0.3 is 10.4 Å². The molecule has 0 spiro atoms. The van der Waals surface area contributed by atoms with Gasteiger partial charge in [-0.1, -0.05) is 25.4 Å². The molecular weight excluding hydrogens is 230 g/mol. The fourth-order valence-electron chi connectivity index (χ4n) is 1.09. The van der Waals surface area contributed by atoms with Crippen LogP contribution in [0.2, 0.25) is 5.15 Å². The highest BCUT2D eigenvalue weighted by Crippen LogP contribution is 2.04. The zero-order valence-electron chi connectivity index (χ0n) is 9.14. The van der Waals surface area contributed by atoms with E-state index in [1.807, 2.05) is 13.8 Å². The summed E-state index contributed by atoms with van der Waals surface area (Å²) in [5, 5.41) is 12.0. The first-order valence-corrected chi connectivity index (χ1v) is 5.31. The molecule has 1 heterocycles. The van der Waals surface area contributed by atoms with E-state index >= 15 is 0 Å². The van der Waals surface area contributed by atoms with Gasteiger partial charge in [0.05, 0.1) is 25.0 Å². The van der Waals surface area contributed by atoms with E-state index in [1.54, 1.807) is 0 Å². The standard InChI is InChI=1S/C10H14ClN3O2/c1-6(2)8(5-15)14-10(16)7-3-13-9(11)4-12-7/h3-4,6,8,15H,5H2,1-2H3,(H,14,16). The molecule has 0 saturated heterocycles. The van der Waals surface area contributed by atoms with E-state index in [1.165, 1.54) is 12.4 Å². The van der Waals surface area contributed by atoms with Gasteiger partial charge in [0.15, 0.2) is 0 Å². The second-order valence-corrected chi connectivity index (χ2v) is 4.12. The Morgan fingerprint density at radius 2 is 2.19 bits per heavy atom. The molecule has 1 atom stereocenters. The molecule has 0 radical (unpaired) electrons. The Morgan fingerprint density at radius 1 is 1.50 bits per heavy atom. The minimum absolute atomic E-state index is 0.107. The lowest BCUT2D eigenvalue weighted by Gasteiger charge is -2.19. The van der Waals surface area contributed by atoms with E-state index in [2.05, 4.69) is 15.3 Å². The largest absolute Gasteiger partial charge is 0.394 e. The normalized spacial score (nSPS) is 12.6. The number of hydrogen-bond donors (Lipinski definition) is 2. The van der Waals surface area contributed by atoms with Crippen molar-refractivity contribution in [3.8, 4) is 0 Å². The molecule has 1 aromatic rings. The summed E-state index contributed by atoms with van der Waals surface area (Å²) in [5.74, 6) is -0.217. The number of aromatic nitrogens is 2. The molecular formula is C10H14ClN3O2.